The van der Waals surface area contributed by atoms with Crippen molar-refractivity contribution in [2.75, 3.05) is 13.1 Å². The molecule has 1 aromatic heterocycles. The molecule has 1 saturated heterocycles. The molecule has 0 N–H and O–H groups in total. The molecular weight excluding hydrogens is 360 g/mol. The number of fused-ring (bicyclic) bond motifs is 1. The van der Waals surface area contributed by atoms with Gasteiger partial charge in [0, 0.05) is 43.3 Å². The zero-order chi connectivity index (χ0) is 19.9. The van der Waals surface area contributed by atoms with Crippen LogP contribution in [0.2, 0.25) is 0 Å². The SMILES string of the molecule is CCc1cc2cc(-c3ccc(C(=O)N4CCC(F)(F)CC4)cc3)cc(C)c2o1. The average molecular weight is 383 g/mol. The number of carbonyl (C=O) groups is 1. The van der Waals surface area contributed by atoms with Crippen molar-refractivity contribution in [1.82, 2.24) is 4.90 Å². The highest BCUT2D eigenvalue weighted by atomic mass is 19.3. The van der Waals surface area contributed by atoms with Gasteiger partial charge in [-0.1, -0.05) is 19.1 Å². The van der Waals surface area contributed by atoms with Crippen molar-refractivity contribution in [3.05, 3.63) is 59.4 Å². The van der Waals surface area contributed by atoms with Gasteiger partial charge in [0.2, 0.25) is 0 Å². The number of amides is 1. The van der Waals surface area contributed by atoms with E-state index in [4.69, 9.17) is 4.42 Å². The van der Waals surface area contributed by atoms with E-state index in [1.54, 1.807) is 12.1 Å². The van der Waals surface area contributed by atoms with Crippen LogP contribution in [0.5, 0.6) is 0 Å². The number of piperidine rings is 1. The fraction of sp³-hybridized carbons (Fsp3) is 0.348. The molecule has 3 nitrogen and oxygen atoms in total. The quantitative estimate of drug-likeness (QED) is 0.569. The topological polar surface area (TPSA) is 33.5 Å². The normalized spacial score (nSPS) is 16.5. The molecular formula is C23H23F2NO2. The van der Waals surface area contributed by atoms with E-state index in [1.807, 2.05) is 19.1 Å². The molecule has 0 spiro atoms. The molecule has 1 aliphatic rings. The fourth-order valence-electron chi connectivity index (χ4n) is 3.75. The molecule has 1 aliphatic heterocycles. The van der Waals surface area contributed by atoms with Gasteiger partial charge in [-0.2, -0.15) is 0 Å². The van der Waals surface area contributed by atoms with Crippen LogP contribution in [-0.2, 0) is 6.42 Å². The van der Waals surface area contributed by atoms with E-state index in [0.29, 0.717) is 5.56 Å². The minimum absolute atomic E-state index is 0.101. The highest BCUT2D eigenvalue weighted by Crippen LogP contribution is 2.31. The van der Waals surface area contributed by atoms with Crippen molar-refractivity contribution in [3.8, 4) is 11.1 Å². The third kappa shape index (κ3) is 3.53. The Balaban J connectivity index is 1.56. The molecule has 1 amide bonds. The van der Waals surface area contributed by atoms with Gasteiger partial charge in [-0.05, 0) is 53.9 Å². The van der Waals surface area contributed by atoms with E-state index in [9.17, 15) is 13.6 Å². The van der Waals surface area contributed by atoms with Crippen LogP contribution in [0.15, 0.2) is 46.9 Å². The number of rotatable bonds is 3. The number of halogens is 2. The van der Waals surface area contributed by atoms with Crippen LogP contribution in [0.3, 0.4) is 0 Å². The molecule has 5 heteroatoms. The molecule has 1 fully saturated rings. The maximum Gasteiger partial charge on any atom is 0.253 e. The first-order valence-electron chi connectivity index (χ1n) is 9.67. The second kappa shape index (κ2) is 7.04. The van der Waals surface area contributed by atoms with Gasteiger partial charge in [-0.15, -0.1) is 0 Å². The van der Waals surface area contributed by atoms with Crippen molar-refractivity contribution in [1.29, 1.82) is 0 Å². The van der Waals surface area contributed by atoms with Crippen LogP contribution >= 0.6 is 0 Å². The molecule has 0 atom stereocenters. The molecule has 2 heterocycles. The molecule has 3 aromatic rings. The van der Waals surface area contributed by atoms with E-state index in [-0.39, 0.29) is 31.8 Å². The maximum atomic E-state index is 13.3. The molecule has 0 unspecified atom stereocenters. The van der Waals surface area contributed by atoms with Crippen molar-refractivity contribution in [2.24, 2.45) is 0 Å². The molecule has 0 radical (unpaired) electrons. The van der Waals surface area contributed by atoms with Gasteiger partial charge in [0.05, 0.1) is 0 Å². The lowest BCUT2D eigenvalue weighted by Gasteiger charge is -2.31. The summed E-state index contributed by atoms with van der Waals surface area (Å²) in [6, 6.07) is 13.6. The predicted octanol–water partition coefficient (Wildman–Crippen LogP) is 5.84. The van der Waals surface area contributed by atoms with Crippen LogP contribution in [-0.4, -0.2) is 29.8 Å². The van der Waals surface area contributed by atoms with Crippen molar-refractivity contribution in [2.45, 2.75) is 39.0 Å². The predicted molar refractivity (Wildman–Crippen MR) is 106 cm³/mol. The highest BCUT2D eigenvalue weighted by molar-refractivity contribution is 5.95. The summed E-state index contributed by atoms with van der Waals surface area (Å²) in [4.78, 5) is 14.1. The highest BCUT2D eigenvalue weighted by Gasteiger charge is 2.35. The first kappa shape index (κ1) is 18.7. The summed E-state index contributed by atoms with van der Waals surface area (Å²) in [7, 11) is 0. The second-order valence-corrected chi connectivity index (χ2v) is 7.50. The number of furan rings is 1. The Hall–Kier alpha value is -2.69. The zero-order valence-corrected chi connectivity index (χ0v) is 16.1. The number of aryl methyl sites for hydroxylation is 2. The summed E-state index contributed by atoms with van der Waals surface area (Å²) < 4.78 is 32.5. The number of carbonyl (C=O) groups excluding carboxylic acids is 1. The summed E-state index contributed by atoms with van der Waals surface area (Å²) >= 11 is 0. The summed E-state index contributed by atoms with van der Waals surface area (Å²) in [5.74, 6) is -1.87. The van der Waals surface area contributed by atoms with Gasteiger partial charge < -0.3 is 9.32 Å². The molecule has 0 bridgehead atoms. The Morgan fingerprint density at radius 1 is 1.07 bits per heavy atom. The molecule has 2 aromatic carbocycles. The zero-order valence-electron chi connectivity index (χ0n) is 16.1. The number of hydrogen-bond acceptors (Lipinski definition) is 2. The van der Waals surface area contributed by atoms with Gasteiger partial charge >= 0.3 is 0 Å². The summed E-state index contributed by atoms with van der Waals surface area (Å²) in [6.07, 6.45) is 0.323. The summed E-state index contributed by atoms with van der Waals surface area (Å²) in [5.41, 5.74) is 4.58. The number of benzene rings is 2. The standard InChI is InChI=1S/C23H23F2NO2/c1-3-20-14-19-13-18(12-15(2)21(19)28-20)16-4-6-17(7-5-16)22(27)26-10-8-23(24,25)9-11-26/h4-7,12-14H,3,8-11H2,1-2H3. The Bertz CT molecular complexity index is 1010. The molecule has 28 heavy (non-hydrogen) atoms. The van der Waals surface area contributed by atoms with E-state index in [0.717, 1.165) is 39.8 Å². The lowest BCUT2D eigenvalue weighted by atomic mass is 9.99. The largest absolute Gasteiger partial charge is 0.461 e. The van der Waals surface area contributed by atoms with Crippen LogP contribution in [0.4, 0.5) is 8.78 Å². The van der Waals surface area contributed by atoms with E-state index in [1.165, 1.54) is 4.90 Å². The van der Waals surface area contributed by atoms with E-state index in [2.05, 4.69) is 25.1 Å². The van der Waals surface area contributed by atoms with Crippen LogP contribution in [0.25, 0.3) is 22.1 Å². The molecule has 0 aliphatic carbocycles. The van der Waals surface area contributed by atoms with Gasteiger partial charge in [-0.3, -0.25) is 4.79 Å². The van der Waals surface area contributed by atoms with Crippen LogP contribution in [0, 0.1) is 6.92 Å². The van der Waals surface area contributed by atoms with Crippen molar-refractivity contribution in [3.63, 3.8) is 0 Å². The first-order valence-corrected chi connectivity index (χ1v) is 9.67. The summed E-state index contributed by atoms with van der Waals surface area (Å²) in [6.45, 7) is 4.29. The molecule has 4 rings (SSSR count). The van der Waals surface area contributed by atoms with Crippen molar-refractivity contribution < 1.29 is 18.0 Å². The van der Waals surface area contributed by atoms with Crippen LogP contribution < -0.4 is 0 Å². The molecule has 0 saturated carbocycles. The van der Waals surface area contributed by atoms with Gasteiger partial charge in [-0.25, -0.2) is 8.78 Å². The first-order chi connectivity index (χ1) is 13.4. The number of alkyl halides is 2. The monoisotopic (exact) mass is 383 g/mol. The van der Waals surface area contributed by atoms with Gasteiger partial charge in [0.15, 0.2) is 0 Å². The number of hydrogen-bond donors (Lipinski definition) is 0. The molecule has 146 valence electrons. The number of likely N-dealkylation sites (tertiary alicyclic amines) is 1. The van der Waals surface area contributed by atoms with Gasteiger partial charge in [0.1, 0.15) is 11.3 Å². The van der Waals surface area contributed by atoms with E-state index >= 15 is 0 Å². The van der Waals surface area contributed by atoms with Crippen molar-refractivity contribution >= 4 is 16.9 Å². The number of nitrogens with zero attached hydrogens (tertiary/aromatic N) is 1. The fourth-order valence-corrected chi connectivity index (χ4v) is 3.75. The maximum absolute atomic E-state index is 13.3. The average Bonchev–Trinajstić information content (AvgIpc) is 3.11. The lowest BCUT2D eigenvalue weighted by molar-refractivity contribution is -0.0494. The van der Waals surface area contributed by atoms with Crippen LogP contribution in [0.1, 0.15) is 41.4 Å². The Morgan fingerprint density at radius 2 is 1.75 bits per heavy atom. The smallest absolute Gasteiger partial charge is 0.253 e. The minimum atomic E-state index is -2.65. The van der Waals surface area contributed by atoms with E-state index < -0.39 is 5.92 Å². The second-order valence-electron chi connectivity index (χ2n) is 7.50. The van der Waals surface area contributed by atoms with Gasteiger partial charge in [0.25, 0.3) is 11.8 Å². The minimum Gasteiger partial charge on any atom is -0.461 e. The third-order valence-corrected chi connectivity index (χ3v) is 5.45. The summed E-state index contributed by atoms with van der Waals surface area (Å²) in [5, 5.41) is 1.07. The lowest BCUT2D eigenvalue weighted by Crippen LogP contribution is -2.42. The Morgan fingerprint density at radius 3 is 2.39 bits per heavy atom. The third-order valence-electron chi connectivity index (χ3n) is 5.45. The Kier molecular flexibility index (Phi) is 4.69. The Labute approximate surface area is 162 Å².